The van der Waals surface area contributed by atoms with Crippen LogP contribution in [0.2, 0.25) is 0 Å². The summed E-state index contributed by atoms with van der Waals surface area (Å²) in [6.45, 7) is 4.07. The van der Waals surface area contributed by atoms with Gasteiger partial charge in [-0.05, 0) is 39.5 Å². The Kier molecular flexibility index (Phi) is 5.38. The van der Waals surface area contributed by atoms with Crippen LogP contribution in [0.1, 0.15) is 45.6 Å². The van der Waals surface area contributed by atoms with Gasteiger partial charge >= 0.3 is 6.03 Å². The second kappa shape index (κ2) is 7.70. The number of benzene rings is 1. The highest BCUT2D eigenvalue weighted by Gasteiger charge is 2.21. The molecule has 0 unspecified atom stereocenters. The zero-order valence-corrected chi connectivity index (χ0v) is 14.8. The van der Waals surface area contributed by atoms with Crippen LogP contribution >= 0.6 is 0 Å². The van der Waals surface area contributed by atoms with Gasteiger partial charge in [-0.1, -0.05) is 30.3 Å². The third kappa shape index (κ3) is 4.39. The van der Waals surface area contributed by atoms with E-state index in [0.717, 1.165) is 36.9 Å². The van der Waals surface area contributed by atoms with Gasteiger partial charge in [-0.25, -0.2) is 9.48 Å². The lowest BCUT2D eigenvalue weighted by atomic mass is 9.93. The molecule has 1 aromatic carbocycles. The number of aromatic nitrogens is 2. The molecule has 1 fully saturated rings. The van der Waals surface area contributed by atoms with Crippen molar-refractivity contribution in [3.05, 3.63) is 36.4 Å². The van der Waals surface area contributed by atoms with Crippen molar-refractivity contribution < 1.29 is 9.90 Å². The number of nitrogens with one attached hydrogen (secondary N) is 2. The number of hydrogen-bond acceptors (Lipinski definition) is 3. The van der Waals surface area contributed by atoms with Crippen LogP contribution in [-0.2, 0) is 0 Å². The third-order valence-corrected chi connectivity index (χ3v) is 4.57. The van der Waals surface area contributed by atoms with Crippen molar-refractivity contribution in [1.29, 1.82) is 0 Å². The van der Waals surface area contributed by atoms with Gasteiger partial charge in [0, 0.05) is 23.7 Å². The SMILES string of the molecule is CC(C)n1nc(-c2ccccc2)cc1NC(=O)NC1CCC(O)CC1. The fraction of sp³-hybridized carbons (Fsp3) is 0.474. The Labute approximate surface area is 148 Å². The molecule has 3 N–H and O–H groups in total. The smallest absolute Gasteiger partial charge is 0.320 e. The zero-order valence-electron chi connectivity index (χ0n) is 14.8. The highest BCUT2D eigenvalue weighted by atomic mass is 16.3. The van der Waals surface area contributed by atoms with E-state index in [1.165, 1.54) is 0 Å². The molecule has 1 aliphatic carbocycles. The molecule has 2 aromatic rings. The van der Waals surface area contributed by atoms with Crippen molar-refractivity contribution in [1.82, 2.24) is 15.1 Å². The molecule has 6 nitrogen and oxygen atoms in total. The molecule has 0 bridgehead atoms. The number of carbonyl (C=O) groups is 1. The van der Waals surface area contributed by atoms with Crippen LogP contribution in [-0.4, -0.2) is 33.1 Å². The molecule has 0 atom stereocenters. The third-order valence-electron chi connectivity index (χ3n) is 4.57. The number of amides is 2. The van der Waals surface area contributed by atoms with E-state index in [9.17, 15) is 9.90 Å². The summed E-state index contributed by atoms with van der Waals surface area (Å²) in [5.41, 5.74) is 1.86. The standard InChI is InChI=1S/C19H26N4O2/c1-13(2)23-18(12-17(22-23)14-6-4-3-5-7-14)21-19(25)20-15-8-10-16(24)11-9-15/h3-7,12-13,15-16,24H,8-11H2,1-2H3,(H2,20,21,25). The van der Waals surface area contributed by atoms with Gasteiger partial charge in [-0.15, -0.1) is 0 Å². The van der Waals surface area contributed by atoms with Gasteiger partial charge in [-0.2, -0.15) is 5.10 Å². The van der Waals surface area contributed by atoms with Gasteiger partial charge in [0.05, 0.1) is 11.8 Å². The molecule has 0 aliphatic heterocycles. The van der Waals surface area contributed by atoms with E-state index in [0.29, 0.717) is 5.82 Å². The minimum absolute atomic E-state index is 0.118. The van der Waals surface area contributed by atoms with Crippen molar-refractivity contribution in [3.63, 3.8) is 0 Å². The molecule has 1 aromatic heterocycles. The summed E-state index contributed by atoms with van der Waals surface area (Å²) < 4.78 is 1.83. The average molecular weight is 342 g/mol. The van der Waals surface area contributed by atoms with E-state index in [1.807, 2.05) is 54.9 Å². The monoisotopic (exact) mass is 342 g/mol. The topological polar surface area (TPSA) is 79.2 Å². The predicted octanol–water partition coefficient (Wildman–Crippen LogP) is 3.56. The predicted molar refractivity (Wildman–Crippen MR) is 98.5 cm³/mol. The first-order valence-electron chi connectivity index (χ1n) is 8.93. The summed E-state index contributed by atoms with van der Waals surface area (Å²) in [6.07, 6.45) is 2.89. The summed E-state index contributed by atoms with van der Waals surface area (Å²) in [5.74, 6) is 0.683. The second-order valence-electron chi connectivity index (χ2n) is 6.92. The van der Waals surface area contributed by atoms with Crippen LogP contribution in [0.5, 0.6) is 0 Å². The van der Waals surface area contributed by atoms with Crippen molar-refractivity contribution in [2.24, 2.45) is 0 Å². The van der Waals surface area contributed by atoms with Crippen molar-refractivity contribution in [3.8, 4) is 11.3 Å². The lowest BCUT2D eigenvalue weighted by Gasteiger charge is -2.26. The first-order valence-corrected chi connectivity index (χ1v) is 8.93. The van der Waals surface area contributed by atoms with Crippen LogP contribution in [0, 0.1) is 0 Å². The first-order chi connectivity index (χ1) is 12.0. The van der Waals surface area contributed by atoms with Crippen LogP contribution in [0.15, 0.2) is 36.4 Å². The Hall–Kier alpha value is -2.34. The van der Waals surface area contributed by atoms with E-state index < -0.39 is 0 Å². The fourth-order valence-electron chi connectivity index (χ4n) is 3.19. The summed E-state index contributed by atoms with van der Waals surface area (Å²) in [4.78, 5) is 12.4. The molecule has 0 radical (unpaired) electrons. The number of rotatable bonds is 4. The Morgan fingerprint density at radius 3 is 2.52 bits per heavy atom. The first kappa shape index (κ1) is 17.5. The Morgan fingerprint density at radius 2 is 1.88 bits per heavy atom. The molecular formula is C19H26N4O2. The summed E-state index contributed by atoms with van der Waals surface area (Å²) in [5, 5.41) is 20.1. The van der Waals surface area contributed by atoms with Gasteiger partial charge in [0.1, 0.15) is 5.82 Å². The van der Waals surface area contributed by atoms with Gasteiger partial charge in [0.15, 0.2) is 0 Å². The largest absolute Gasteiger partial charge is 0.393 e. The molecule has 1 heterocycles. The second-order valence-corrected chi connectivity index (χ2v) is 6.92. The van der Waals surface area contributed by atoms with Gasteiger partial charge < -0.3 is 10.4 Å². The number of carbonyl (C=O) groups excluding carboxylic acids is 1. The minimum Gasteiger partial charge on any atom is -0.393 e. The van der Waals surface area contributed by atoms with E-state index in [-0.39, 0.29) is 24.2 Å². The summed E-state index contributed by atoms with van der Waals surface area (Å²) in [7, 11) is 0. The Balaban J connectivity index is 1.70. The molecule has 134 valence electrons. The molecule has 0 spiro atoms. The molecule has 2 amide bonds. The maximum absolute atomic E-state index is 12.4. The summed E-state index contributed by atoms with van der Waals surface area (Å²) in [6, 6.07) is 11.9. The van der Waals surface area contributed by atoms with Crippen LogP contribution < -0.4 is 10.6 Å². The maximum Gasteiger partial charge on any atom is 0.320 e. The van der Waals surface area contributed by atoms with E-state index >= 15 is 0 Å². The number of nitrogens with zero attached hydrogens (tertiary/aromatic N) is 2. The lowest BCUT2D eigenvalue weighted by Crippen LogP contribution is -2.41. The van der Waals surface area contributed by atoms with E-state index in [4.69, 9.17) is 0 Å². The fourth-order valence-corrected chi connectivity index (χ4v) is 3.19. The normalized spacial score (nSPS) is 20.5. The lowest BCUT2D eigenvalue weighted by molar-refractivity contribution is 0.118. The van der Waals surface area contributed by atoms with Crippen molar-refractivity contribution >= 4 is 11.8 Å². The number of hydrogen-bond donors (Lipinski definition) is 3. The van der Waals surface area contributed by atoms with Crippen LogP contribution in [0.4, 0.5) is 10.6 Å². The molecule has 1 saturated carbocycles. The quantitative estimate of drug-likeness (QED) is 0.795. The molecule has 6 heteroatoms. The van der Waals surface area contributed by atoms with Gasteiger partial charge in [0.2, 0.25) is 0 Å². The maximum atomic E-state index is 12.4. The minimum atomic E-state index is -0.225. The Morgan fingerprint density at radius 1 is 1.20 bits per heavy atom. The van der Waals surface area contributed by atoms with Crippen molar-refractivity contribution in [2.45, 2.75) is 57.7 Å². The van der Waals surface area contributed by atoms with Crippen molar-refractivity contribution in [2.75, 3.05) is 5.32 Å². The van der Waals surface area contributed by atoms with E-state index in [1.54, 1.807) is 0 Å². The highest BCUT2D eigenvalue weighted by Crippen LogP contribution is 2.24. The number of urea groups is 1. The van der Waals surface area contributed by atoms with E-state index in [2.05, 4.69) is 15.7 Å². The Bertz CT molecular complexity index is 703. The summed E-state index contributed by atoms with van der Waals surface area (Å²) >= 11 is 0. The molecule has 0 saturated heterocycles. The number of aliphatic hydroxyl groups excluding tert-OH is 1. The molecule has 1 aliphatic rings. The highest BCUT2D eigenvalue weighted by molar-refractivity contribution is 5.89. The number of aliphatic hydroxyl groups is 1. The molecule has 25 heavy (non-hydrogen) atoms. The zero-order chi connectivity index (χ0) is 17.8. The van der Waals surface area contributed by atoms with Gasteiger partial charge in [-0.3, -0.25) is 5.32 Å². The van der Waals surface area contributed by atoms with Crippen LogP contribution in [0.25, 0.3) is 11.3 Å². The molecule has 3 rings (SSSR count). The molecular weight excluding hydrogens is 316 g/mol. The average Bonchev–Trinajstić information content (AvgIpc) is 3.02. The van der Waals surface area contributed by atoms with Gasteiger partial charge in [0.25, 0.3) is 0 Å². The number of anilines is 1. The van der Waals surface area contributed by atoms with Crippen LogP contribution in [0.3, 0.4) is 0 Å².